The average molecular weight is 296 g/mol. The number of ketones is 1. The standard InChI is InChI=1S/C20H24O2/c1-2-3-4-5-9-12-19(21)17-13-14-20(22)18(15-17)16-10-7-6-8-11-16/h6-8,10-11,13-15,22H,2-5,9,12H2,1H3. The normalized spacial score (nSPS) is 10.6. The van der Waals surface area contributed by atoms with Crippen LogP contribution in [0.4, 0.5) is 0 Å². The second-order valence-corrected chi connectivity index (χ2v) is 5.69. The number of unbranched alkanes of at least 4 members (excludes halogenated alkanes) is 4. The van der Waals surface area contributed by atoms with Crippen LogP contribution in [0.25, 0.3) is 11.1 Å². The van der Waals surface area contributed by atoms with E-state index in [2.05, 4.69) is 6.92 Å². The van der Waals surface area contributed by atoms with E-state index in [1.807, 2.05) is 30.3 Å². The molecule has 1 N–H and O–H groups in total. The van der Waals surface area contributed by atoms with Gasteiger partial charge in [0.15, 0.2) is 5.78 Å². The lowest BCUT2D eigenvalue weighted by Gasteiger charge is -2.08. The van der Waals surface area contributed by atoms with Crippen molar-refractivity contribution in [2.24, 2.45) is 0 Å². The van der Waals surface area contributed by atoms with Crippen LogP contribution in [-0.4, -0.2) is 10.9 Å². The summed E-state index contributed by atoms with van der Waals surface area (Å²) in [6.45, 7) is 2.19. The predicted molar refractivity (Wildman–Crippen MR) is 91.2 cm³/mol. The van der Waals surface area contributed by atoms with Crippen LogP contribution in [0.15, 0.2) is 48.5 Å². The molecule has 0 saturated carbocycles. The zero-order valence-electron chi connectivity index (χ0n) is 13.2. The maximum atomic E-state index is 12.3. The molecule has 0 spiro atoms. The SMILES string of the molecule is CCCCCCCC(=O)c1ccc(O)c(-c2ccccc2)c1. The van der Waals surface area contributed by atoms with Crippen molar-refractivity contribution in [3.05, 3.63) is 54.1 Å². The largest absolute Gasteiger partial charge is 0.507 e. The van der Waals surface area contributed by atoms with Crippen LogP contribution >= 0.6 is 0 Å². The Morgan fingerprint density at radius 2 is 1.68 bits per heavy atom. The van der Waals surface area contributed by atoms with Crippen LogP contribution in [0.5, 0.6) is 5.75 Å². The van der Waals surface area contributed by atoms with Gasteiger partial charge in [-0.15, -0.1) is 0 Å². The quantitative estimate of drug-likeness (QED) is 0.508. The Morgan fingerprint density at radius 3 is 2.41 bits per heavy atom. The highest BCUT2D eigenvalue weighted by Gasteiger charge is 2.10. The Labute approximate surface area is 132 Å². The maximum Gasteiger partial charge on any atom is 0.162 e. The monoisotopic (exact) mass is 296 g/mol. The van der Waals surface area contributed by atoms with E-state index in [1.165, 1.54) is 19.3 Å². The van der Waals surface area contributed by atoms with Gasteiger partial charge < -0.3 is 5.11 Å². The van der Waals surface area contributed by atoms with Gasteiger partial charge >= 0.3 is 0 Å². The van der Waals surface area contributed by atoms with Gasteiger partial charge in [-0.1, -0.05) is 62.9 Å². The highest BCUT2D eigenvalue weighted by molar-refractivity contribution is 5.97. The van der Waals surface area contributed by atoms with Gasteiger partial charge in [0.05, 0.1) is 0 Å². The summed E-state index contributed by atoms with van der Waals surface area (Å²) >= 11 is 0. The smallest absolute Gasteiger partial charge is 0.162 e. The molecule has 2 nitrogen and oxygen atoms in total. The second-order valence-electron chi connectivity index (χ2n) is 5.69. The number of carbonyl (C=O) groups excluding carboxylic acids is 1. The Bertz CT molecular complexity index is 602. The lowest BCUT2D eigenvalue weighted by Crippen LogP contribution is -1.99. The molecule has 0 unspecified atom stereocenters. The van der Waals surface area contributed by atoms with Crippen molar-refractivity contribution in [3.8, 4) is 16.9 Å². The average Bonchev–Trinajstić information content (AvgIpc) is 2.55. The molecule has 0 amide bonds. The highest BCUT2D eigenvalue weighted by atomic mass is 16.3. The van der Waals surface area contributed by atoms with E-state index in [0.717, 1.165) is 24.0 Å². The van der Waals surface area contributed by atoms with Crippen LogP contribution in [0.2, 0.25) is 0 Å². The fourth-order valence-corrected chi connectivity index (χ4v) is 2.59. The minimum atomic E-state index is 0.161. The Balaban J connectivity index is 2.04. The fourth-order valence-electron chi connectivity index (χ4n) is 2.59. The number of aromatic hydroxyl groups is 1. The van der Waals surface area contributed by atoms with E-state index in [-0.39, 0.29) is 11.5 Å². The molecule has 0 aliphatic heterocycles. The summed E-state index contributed by atoms with van der Waals surface area (Å²) in [4.78, 5) is 12.3. The maximum absolute atomic E-state index is 12.3. The molecule has 116 valence electrons. The number of phenols is 1. The molecule has 0 saturated heterocycles. The molecule has 0 fully saturated rings. The van der Waals surface area contributed by atoms with Gasteiger partial charge in [0.1, 0.15) is 5.75 Å². The number of hydrogen-bond donors (Lipinski definition) is 1. The third kappa shape index (κ3) is 4.45. The van der Waals surface area contributed by atoms with Crippen molar-refractivity contribution in [2.75, 3.05) is 0 Å². The Kier molecular flexibility index (Phi) is 6.20. The molecule has 2 heteroatoms. The lowest BCUT2D eigenvalue weighted by molar-refractivity contribution is 0.0979. The molecule has 2 aromatic carbocycles. The summed E-state index contributed by atoms with van der Waals surface area (Å²) in [5.74, 6) is 0.374. The number of benzene rings is 2. The van der Waals surface area contributed by atoms with Gasteiger partial charge in [-0.25, -0.2) is 0 Å². The molecule has 0 bridgehead atoms. The van der Waals surface area contributed by atoms with E-state index in [0.29, 0.717) is 12.0 Å². The molecule has 0 atom stereocenters. The first kappa shape index (κ1) is 16.3. The van der Waals surface area contributed by atoms with Gasteiger partial charge in [0.25, 0.3) is 0 Å². The van der Waals surface area contributed by atoms with Crippen molar-refractivity contribution in [2.45, 2.75) is 45.4 Å². The summed E-state index contributed by atoms with van der Waals surface area (Å²) in [6, 6.07) is 14.8. The third-order valence-corrected chi connectivity index (χ3v) is 3.91. The van der Waals surface area contributed by atoms with E-state index in [1.54, 1.807) is 18.2 Å². The van der Waals surface area contributed by atoms with E-state index >= 15 is 0 Å². The van der Waals surface area contributed by atoms with E-state index in [9.17, 15) is 9.90 Å². The highest BCUT2D eigenvalue weighted by Crippen LogP contribution is 2.30. The van der Waals surface area contributed by atoms with Crippen molar-refractivity contribution in [1.29, 1.82) is 0 Å². The molecule has 0 aliphatic carbocycles. The summed E-state index contributed by atoms with van der Waals surface area (Å²) < 4.78 is 0. The third-order valence-electron chi connectivity index (χ3n) is 3.91. The van der Waals surface area contributed by atoms with Crippen LogP contribution < -0.4 is 0 Å². The predicted octanol–water partition coefficient (Wildman–Crippen LogP) is 5.60. The van der Waals surface area contributed by atoms with Crippen molar-refractivity contribution in [1.82, 2.24) is 0 Å². The molecule has 0 aromatic heterocycles. The zero-order chi connectivity index (χ0) is 15.8. The topological polar surface area (TPSA) is 37.3 Å². The van der Waals surface area contributed by atoms with Gasteiger partial charge in [-0.05, 0) is 30.2 Å². The minimum absolute atomic E-state index is 0.161. The van der Waals surface area contributed by atoms with Crippen LogP contribution in [-0.2, 0) is 0 Å². The number of carbonyl (C=O) groups is 1. The molecule has 0 aliphatic rings. The minimum Gasteiger partial charge on any atom is -0.507 e. The first-order chi connectivity index (χ1) is 10.7. The molecule has 2 rings (SSSR count). The number of Topliss-reactive ketones (excluding diaryl/α,β-unsaturated/α-hetero) is 1. The number of hydrogen-bond acceptors (Lipinski definition) is 2. The molecule has 0 radical (unpaired) electrons. The summed E-state index contributed by atoms with van der Waals surface area (Å²) in [5, 5.41) is 10.0. The fraction of sp³-hybridized carbons (Fsp3) is 0.350. The second kappa shape index (κ2) is 8.38. The summed E-state index contributed by atoms with van der Waals surface area (Å²) in [5.41, 5.74) is 2.34. The van der Waals surface area contributed by atoms with Gasteiger partial charge in [0.2, 0.25) is 0 Å². The van der Waals surface area contributed by atoms with Crippen LogP contribution in [0.3, 0.4) is 0 Å². The Morgan fingerprint density at radius 1 is 0.955 bits per heavy atom. The summed E-state index contributed by atoms with van der Waals surface area (Å²) in [6.07, 6.45) is 6.30. The van der Waals surface area contributed by atoms with Gasteiger partial charge in [-0.2, -0.15) is 0 Å². The van der Waals surface area contributed by atoms with Crippen molar-refractivity contribution >= 4 is 5.78 Å². The number of rotatable bonds is 8. The number of phenolic OH excluding ortho intramolecular Hbond substituents is 1. The van der Waals surface area contributed by atoms with Gasteiger partial charge in [-0.3, -0.25) is 4.79 Å². The van der Waals surface area contributed by atoms with Crippen molar-refractivity contribution < 1.29 is 9.90 Å². The molecular formula is C20H24O2. The summed E-state index contributed by atoms with van der Waals surface area (Å²) in [7, 11) is 0. The lowest BCUT2D eigenvalue weighted by atomic mass is 9.98. The molecule has 22 heavy (non-hydrogen) atoms. The first-order valence-corrected chi connectivity index (χ1v) is 8.14. The first-order valence-electron chi connectivity index (χ1n) is 8.14. The van der Waals surface area contributed by atoms with E-state index < -0.39 is 0 Å². The van der Waals surface area contributed by atoms with Gasteiger partial charge in [0, 0.05) is 17.5 Å². The molecule has 0 heterocycles. The Hall–Kier alpha value is -2.09. The van der Waals surface area contributed by atoms with E-state index in [4.69, 9.17) is 0 Å². The molecular weight excluding hydrogens is 272 g/mol. The van der Waals surface area contributed by atoms with Crippen LogP contribution in [0.1, 0.15) is 55.8 Å². The molecule has 2 aromatic rings. The van der Waals surface area contributed by atoms with Crippen LogP contribution in [0, 0.1) is 0 Å². The zero-order valence-corrected chi connectivity index (χ0v) is 13.2. The van der Waals surface area contributed by atoms with Crippen molar-refractivity contribution in [3.63, 3.8) is 0 Å².